The van der Waals surface area contributed by atoms with E-state index < -0.39 is 0 Å². The summed E-state index contributed by atoms with van der Waals surface area (Å²) in [5.74, 6) is 0.409. The number of hydrogen-bond acceptors (Lipinski definition) is 4. The van der Waals surface area contributed by atoms with Crippen molar-refractivity contribution in [1.29, 1.82) is 0 Å². The van der Waals surface area contributed by atoms with Gasteiger partial charge >= 0.3 is 0 Å². The highest BCUT2D eigenvalue weighted by Gasteiger charge is 2.20. The Morgan fingerprint density at radius 1 is 1.36 bits per heavy atom. The lowest BCUT2D eigenvalue weighted by Gasteiger charge is -2.18. The molecule has 6 heteroatoms. The van der Waals surface area contributed by atoms with Gasteiger partial charge in [-0.05, 0) is 6.92 Å². The van der Waals surface area contributed by atoms with E-state index in [4.69, 9.17) is 0 Å². The maximum absolute atomic E-state index is 10.8. The number of allylic oxidation sites excluding steroid dienone is 1. The molecule has 0 radical (unpaired) electrons. The highest BCUT2D eigenvalue weighted by molar-refractivity contribution is 8.03. The SMILES string of the molecule is CC(=O)NC1=C(C)N(NC(C)=O)CS1. The van der Waals surface area contributed by atoms with Crippen LogP contribution in [0.2, 0.25) is 0 Å². The van der Waals surface area contributed by atoms with E-state index in [1.165, 1.54) is 25.6 Å². The lowest BCUT2D eigenvalue weighted by Crippen LogP contribution is -2.37. The summed E-state index contributed by atoms with van der Waals surface area (Å²) in [7, 11) is 0. The summed E-state index contributed by atoms with van der Waals surface area (Å²) in [5.41, 5.74) is 3.52. The molecule has 0 atom stereocenters. The highest BCUT2D eigenvalue weighted by atomic mass is 32.2. The molecule has 0 aromatic carbocycles. The Hall–Kier alpha value is -1.17. The van der Waals surface area contributed by atoms with Crippen molar-refractivity contribution in [2.75, 3.05) is 5.88 Å². The van der Waals surface area contributed by atoms with Crippen LogP contribution >= 0.6 is 11.8 Å². The smallest absolute Gasteiger partial charge is 0.235 e. The van der Waals surface area contributed by atoms with Crippen LogP contribution in [0.25, 0.3) is 0 Å². The van der Waals surface area contributed by atoms with Crippen LogP contribution in [0.1, 0.15) is 20.8 Å². The largest absolute Gasteiger partial charge is 0.319 e. The second-order valence-electron chi connectivity index (χ2n) is 2.97. The number of hydrazine groups is 1. The van der Waals surface area contributed by atoms with Crippen LogP contribution in [0.15, 0.2) is 10.7 Å². The number of carbonyl (C=O) groups is 2. The summed E-state index contributed by atoms with van der Waals surface area (Å²) in [6.07, 6.45) is 0. The van der Waals surface area contributed by atoms with E-state index in [-0.39, 0.29) is 11.8 Å². The third-order valence-electron chi connectivity index (χ3n) is 1.65. The molecule has 0 fully saturated rings. The van der Waals surface area contributed by atoms with Crippen molar-refractivity contribution in [1.82, 2.24) is 15.8 Å². The minimum atomic E-state index is -0.117. The molecular formula is C8H13N3O2S. The van der Waals surface area contributed by atoms with Crippen molar-refractivity contribution in [2.24, 2.45) is 0 Å². The summed E-state index contributed by atoms with van der Waals surface area (Å²) >= 11 is 1.49. The fourth-order valence-corrected chi connectivity index (χ4v) is 2.10. The molecule has 0 spiro atoms. The highest BCUT2D eigenvalue weighted by Crippen LogP contribution is 2.27. The molecule has 1 aliphatic heterocycles. The first-order chi connectivity index (χ1) is 6.50. The van der Waals surface area contributed by atoms with Gasteiger partial charge in [0.1, 0.15) is 0 Å². The number of nitrogens with one attached hydrogen (secondary N) is 2. The van der Waals surface area contributed by atoms with E-state index in [0.717, 1.165) is 10.7 Å². The lowest BCUT2D eigenvalue weighted by atomic mass is 10.5. The minimum absolute atomic E-state index is 0.100. The lowest BCUT2D eigenvalue weighted by molar-refractivity contribution is -0.122. The molecule has 2 N–H and O–H groups in total. The van der Waals surface area contributed by atoms with Crippen LogP contribution in [0, 0.1) is 0 Å². The molecule has 2 amide bonds. The zero-order chi connectivity index (χ0) is 10.7. The van der Waals surface area contributed by atoms with Crippen LogP contribution in [0.5, 0.6) is 0 Å². The third kappa shape index (κ3) is 2.66. The molecule has 0 aromatic rings. The van der Waals surface area contributed by atoms with Gasteiger partial charge in [-0.25, -0.2) is 0 Å². The fraction of sp³-hybridized carbons (Fsp3) is 0.500. The molecule has 5 nitrogen and oxygen atoms in total. The Morgan fingerprint density at radius 2 is 2.00 bits per heavy atom. The predicted octanol–water partition coefficient (Wildman–Crippen LogP) is 0.369. The Balaban J connectivity index is 2.64. The number of rotatable bonds is 2. The van der Waals surface area contributed by atoms with E-state index >= 15 is 0 Å². The van der Waals surface area contributed by atoms with Crippen molar-refractivity contribution in [3.05, 3.63) is 10.7 Å². The molecule has 0 aromatic heterocycles. The summed E-state index contributed by atoms with van der Waals surface area (Å²) < 4.78 is 0. The van der Waals surface area contributed by atoms with E-state index in [9.17, 15) is 9.59 Å². The number of hydrogen-bond donors (Lipinski definition) is 2. The molecule has 0 unspecified atom stereocenters. The Labute approximate surface area is 86.9 Å². The monoisotopic (exact) mass is 215 g/mol. The van der Waals surface area contributed by atoms with Gasteiger partial charge < -0.3 is 5.32 Å². The van der Waals surface area contributed by atoms with E-state index in [1.807, 2.05) is 6.92 Å². The molecular weight excluding hydrogens is 202 g/mol. The van der Waals surface area contributed by atoms with Crippen LogP contribution in [-0.4, -0.2) is 22.7 Å². The van der Waals surface area contributed by atoms with Gasteiger partial charge in [-0.1, -0.05) is 11.8 Å². The van der Waals surface area contributed by atoms with Crippen LogP contribution in [0.3, 0.4) is 0 Å². The van der Waals surface area contributed by atoms with Crippen molar-refractivity contribution in [3.8, 4) is 0 Å². The van der Waals surface area contributed by atoms with E-state index in [2.05, 4.69) is 10.7 Å². The average molecular weight is 215 g/mol. The Morgan fingerprint density at radius 3 is 2.50 bits per heavy atom. The minimum Gasteiger partial charge on any atom is -0.319 e. The molecule has 1 rings (SSSR count). The number of amides is 2. The molecule has 78 valence electrons. The van der Waals surface area contributed by atoms with Crippen LogP contribution < -0.4 is 10.7 Å². The molecule has 0 bridgehead atoms. The first-order valence-electron chi connectivity index (χ1n) is 4.16. The first kappa shape index (κ1) is 10.9. The fourth-order valence-electron chi connectivity index (χ4n) is 1.05. The standard InChI is InChI=1S/C8H13N3O2S/c1-5-8(9-6(2)12)14-4-11(5)10-7(3)13/h4H2,1-3H3,(H,9,12)(H,10,13). The van der Waals surface area contributed by atoms with Gasteiger partial charge in [0.25, 0.3) is 0 Å². The zero-order valence-corrected chi connectivity index (χ0v) is 9.20. The molecule has 1 heterocycles. The van der Waals surface area contributed by atoms with Gasteiger partial charge in [-0.2, -0.15) is 0 Å². The van der Waals surface area contributed by atoms with E-state index in [0.29, 0.717) is 5.88 Å². The van der Waals surface area contributed by atoms with Crippen LogP contribution in [-0.2, 0) is 9.59 Å². The average Bonchev–Trinajstić information content (AvgIpc) is 2.34. The predicted molar refractivity (Wildman–Crippen MR) is 54.6 cm³/mol. The normalized spacial score (nSPS) is 15.8. The number of thioether (sulfide) groups is 1. The maximum Gasteiger partial charge on any atom is 0.235 e. The molecule has 0 aliphatic carbocycles. The molecule has 14 heavy (non-hydrogen) atoms. The van der Waals surface area contributed by atoms with Crippen LogP contribution in [0.4, 0.5) is 0 Å². The van der Waals surface area contributed by atoms with Gasteiger partial charge in [0, 0.05) is 13.8 Å². The quantitative estimate of drug-likeness (QED) is 0.698. The summed E-state index contributed by atoms with van der Waals surface area (Å²) in [6, 6.07) is 0. The first-order valence-corrected chi connectivity index (χ1v) is 5.15. The van der Waals surface area contributed by atoms with Crippen molar-refractivity contribution in [3.63, 3.8) is 0 Å². The van der Waals surface area contributed by atoms with Gasteiger partial charge in [0.2, 0.25) is 11.8 Å². The Bertz CT molecular complexity index is 301. The second-order valence-corrected chi connectivity index (χ2v) is 3.92. The number of nitrogens with zero attached hydrogens (tertiary/aromatic N) is 1. The molecule has 0 saturated heterocycles. The van der Waals surface area contributed by atoms with Gasteiger partial charge in [-0.3, -0.25) is 20.0 Å². The molecule has 0 saturated carbocycles. The van der Waals surface area contributed by atoms with E-state index in [1.54, 1.807) is 5.01 Å². The van der Waals surface area contributed by atoms with Gasteiger partial charge in [0.05, 0.1) is 16.6 Å². The Kier molecular flexibility index (Phi) is 3.40. The zero-order valence-electron chi connectivity index (χ0n) is 8.38. The maximum atomic E-state index is 10.8. The summed E-state index contributed by atoms with van der Waals surface area (Å²) in [6.45, 7) is 4.76. The third-order valence-corrected chi connectivity index (χ3v) is 2.73. The van der Waals surface area contributed by atoms with Crippen molar-refractivity contribution >= 4 is 23.6 Å². The topological polar surface area (TPSA) is 61.4 Å². The summed E-state index contributed by atoms with van der Waals surface area (Å²) in [5, 5.41) is 5.21. The number of carbonyl (C=O) groups excluding carboxylic acids is 2. The second kappa shape index (κ2) is 4.36. The molecule has 1 aliphatic rings. The van der Waals surface area contributed by atoms with Crippen molar-refractivity contribution < 1.29 is 9.59 Å². The summed E-state index contributed by atoms with van der Waals surface area (Å²) in [4.78, 5) is 21.6. The van der Waals surface area contributed by atoms with Gasteiger partial charge in [0.15, 0.2) is 0 Å². The van der Waals surface area contributed by atoms with Crippen molar-refractivity contribution in [2.45, 2.75) is 20.8 Å². The van der Waals surface area contributed by atoms with Gasteiger partial charge in [-0.15, -0.1) is 0 Å².